The van der Waals surface area contributed by atoms with Gasteiger partial charge in [-0.05, 0) is 53.1 Å². The van der Waals surface area contributed by atoms with Crippen molar-refractivity contribution >= 4 is 39.3 Å². The lowest BCUT2D eigenvalue weighted by Gasteiger charge is -2.10. The van der Waals surface area contributed by atoms with Gasteiger partial charge >= 0.3 is 0 Å². The summed E-state index contributed by atoms with van der Waals surface area (Å²) < 4.78 is 6.86. The van der Waals surface area contributed by atoms with Gasteiger partial charge in [0.15, 0.2) is 10.8 Å². The van der Waals surface area contributed by atoms with Crippen molar-refractivity contribution in [3.05, 3.63) is 77.9 Å². The largest absolute Gasteiger partial charge is 0.253 e. The third-order valence-corrected chi connectivity index (χ3v) is 6.18. The van der Waals surface area contributed by atoms with Crippen molar-refractivity contribution in [3.63, 3.8) is 0 Å². The van der Waals surface area contributed by atoms with Crippen LogP contribution in [0, 0.1) is 6.92 Å². The molecule has 0 aliphatic heterocycles. The van der Waals surface area contributed by atoms with E-state index < -0.39 is 0 Å². The summed E-state index contributed by atoms with van der Waals surface area (Å²) in [6.07, 6.45) is 0. The summed E-state index contributed by atoms with van der Waals surface area (Å²) in [4.78, 5) is 4.98. The molecule has 0 aliphatic rings. The molecule has 0 unspecified atom stereocenters. The van der Waals surface area contributed by atoms with Crippen LogP contribution >= 0.6 is 11.8 Å². The highest BCUT2D eigenvalue weighted by molar-refractivity contribution is 7.98. The van der Waals surface area contributed by atoms with Crippen LogP contribution in [0.5, 0.6) is 0 Å². The molecule has 150 valence electrons. The first-order chi connectivity index (χ1) is 15.3. The monoisotopic (exact) mass is 424 g/mol. The van der Waals surface area contributed by atoms with Crippen molar-refractivity contribution in [1.82, 2.24) is 29.9 Å². The first-order valence-electron chi connectivity index (χ1n) is 9.81. The van der Waals surface area contributed by atoms with Crippen molar-refractivity contribution in [2.75, 3.05) is 0 Å². The van der Waals surface area contributed by atoms with Gasteiger partial charge in [-0.15, -0.1) is 10.2 Å². The maximum atomic E-state index is 4.98. The number of aromatic nitrogens is 6. The van der Waals surface area contributed by atoms with Gasteiger partial charge in [-0.25, -0.2) is 9.61 Å². The Bertz CT molecular complexity index is 1570. The van der Waals surface area contributed by atoms with E-state index in [2.05, 4.69) is 50.0 Å². The van der Waals surface area contributed by atoms with Gasteiger partial charge in [0.1, 0.15) is 16.9 Å². The van der Waals surface area contributed by atoms with E-state index in [1.165, 1.54) is 5.56 Å². The molecule has 0 bridgehead atoms. The Morgan fingerprint density at radius 2 is 1.77 bits per heavy atom. The number of rotatable bonds is 4. The molecule has 0 aliphatic carbocycles. The molecular weight excluding hydrogens is 408 g/mol. The van der Waals surface area contributed by atoms with Crippen LogP contribution in [0.15, 0.2) is 76.5 Å². The van der Waals surface area contributed by atoms with Crippen LogP contribution in [0.4, 0.5) is 0 Å². The number of aryl methyl sites for hydroxylation is 1. The van der Waals surface area contributed by atoms with E-state index in [4.69, 9.17) is 9.61 Å². The van der Waals surface area contributed by atoms with E-state index in [-0.39, 0.29) is 0 Å². The zero-order valence-corrected chi connectivity index (χ0v) is 17.4. The minimum atomic E-state index is 0.712. The molecule has 3 aromatic heterocycles. The Hall–Kier alpha value is -3.78. The topological polar surface area (TPSA) is 82.0 Å². The Morgan fingerprint density at radius 3 is 2.71 bits per heavy atom. The molecule has 0 amide bonds. The molecule has 0 radical (unpaired) electrons. The van der Waals surface area contributed by atoms with E-state index in [1.807, 2.05) is 48.5 Å². The lowest BCUT2D eigenvalue weighted by atomic mass is 10.1. The van der Waals surface area contributed by atoms with Crippen LogP contribution in [0.25, 0.3) is 39.0 Å². The van der Waals surface area contributed by atoms with Crippen molar-refractivity contribution in [2.24, 2.45) is 0 Å². The number of hydrogen-bond acceptors (Lipinski definition) is 7. The average Bonchev–Trinajstić information content (AvgIpc) is 3.44. The first kappa shape index (κ1) is 18.0. The molecular formula is C23H16N6OS. The first-order valence-corrected chi connectivity index (χ1v) is 10.8. The normalized spacial score (nSPS) is 11.6. The molecule has 0 saturated heterocycles. The van der Waals surface area contributed by atoms with Crippen molar-refractivity contribution in [1.29, 1.82) is 0 Å². The van der Waals surface area contributed by atoms with Gasteiger partial charge in [0.25, 0.3) is 0 Å². The third-order valence-electron chi connectivity index (χ3n) is 5.18. The Labute approximate surface area is 181 Å². The second kappa shape index (κ2) is 7.17. The number of nitrogens with zero attached hydrogens (tertiary/aromatic N) is 6. The number of thioether (sulfide) groups is 1. The van der Waals surface area contributed by atoms with Crippen LogP contribution in [0.2, 0.25) is 0 Å². The van der Waals surface area contributed by atoms with E-state index in [0.717, 1.165) is 49.7 Å². The molecule has 3 heterocycles. The Morgan fingerprint density at radius 1 is 0.871 bits per heavy atom. The van der Waals surface area contributed by atoms with Crippen LogP contribution in [-0.4, -0.2) is 29.9 Å². The standard InChI is InChI=1S/C23H16N6OS/c1-14-5-4-6-16(11-14)21-24-18-8-3-2-7-17(18)22-25-26-23(29(21)22)31-13-15-9-10-19-20(12-15)28-30-27-19/h2-12H,13H2,1H3. The molecule has 8 heteroatoms. The highest BCUT2D eigenvalue weighted by Crippen LogP contribution is 2.31. The number of benzene rings is 3. The molecule has 0 saturated carbocycles. The Balaban J connectivity index is 1.48. The van der Waals surface area contributed by atoms with Crippen molar-refractivity contribution in [2.45, 2.75) is 17.8 Å². The van der Waals surface area contributed by atoms with Crippen LogP contribution in [0.3, 0.4) is 0 Å². The lowest BCUT2D eigenvalue weighted by Crippen LogP contribution is -1.99. The lowest BCUT2D eigenvalue weighted by molar-refractivity contribution is 0.315. The fraction of sp³-hybridized carbons (Fsp3) is 0.0870. The minimum absolute atomic E-state index is 0.712. The fourth-order valence-electron chi connectivity index (χ4n) is 3.70. The van der Waals surface area contributed by atoms with E-state index >= 15 is 0 Å². The number of hydrogen-bond donors (Lipinski definition) is 0. The van der Waals surface area contributed by atoms with Gasteiger partial charge in [0.05, 0.1) is 5.52 Å². The van der Waals surface area contributed by atoms with Gasteiger partial charge in [0.2, 0.25) is 0 Å². The summed E-state index contributed by atoms with van der Waals surface area (Å²) in [5.41, 5.74) is 6.53. The van der Waals surface area contributed by atoms with Crippen LogP contribution in [-0.2, 0) is 5.75 Å². The second-order valence-corrected chi connectivity index (χ2v) is 8.28. The third kappa shape index (κ3) is 3.12. The zero-order chi connectivity index (χ0) is 20.8. The molecule has 7 nitrogen and oxygen atoms in total. The summed E-state index contributed by atoms with van der Waals surface area (Å²) in [7, 11) is 0. The summed E-state index contributed by atoms with van der Waals surface area (Å²) in [5.74, 6) is 1.55. The predicted octanol–water partition coefficient (Wildman–Crippen LogP) is 5.08. The van der Waals surface area contributed by atoms with Gasteiger partial charge in [-0.1, -0.05) is 53.7 Å². The van der Waals surface area contributed by atoms with Gasteiger partial charge in [0, 0.05) is 16.7 Å². The number of para-hydroxylation sites is 1. The number of fused-ring (bicyclic) bond motifs is 4. The van der Waals surface area contributed by atoms with Crippen LogP contribution < -0.4 is 0 Å². The molecule has 6 rings (SSSR count). The van der Waals surface area contributed by atoms with Crippen LogP contribution in [0.1, 0.15) is 11.1 Å². The summed E-state index contributed by atoms with van der Waals surface area (Å²) in [6.45, 7) is 2.08. The van der Waals surface area contributed by atoms with Crippen molar-refractivity contribution < 1.29 is 4.63 Å². The highest BCUT2D eigenvalue weighted by Gasteiger charge is 2.17. The smallest absolute Gasteiger partial charge is 0.197 e. The maximum absolute atomic E-state index is 4.98. The van der Waals surface area contributed by atoms with E-state index in [9.17, 15) is 0 Å². The average molecular weight is 424 g/mol. The minimum Gasteiger partial charge on any atom is -0.253 e. The molecule has 0 fully saturated rings. The quantitative estimate of drug-likeness (QED) is 0.365. The van der Waals surface area contributed by atoms with E-state index in [1.54, 1.807) is 11.8 Å². The molecule has 0 spiro atoms. The van der Waals surface area contributed by atoms with Crippen molar-refractivity contribution in [3.8, 4) is 11.4 Å². The summed E-state index contributed by atoms with van der Waals surface area (Å²) in [6, 6.07) is 22.3. The fourth-order valence-corrected chi connectivity index (χ4v) is 4.57. The summed E-state index contributed by atoms with van der Waals surface area (Å²) in [5, 5.41) is 18.6. The second-order valence-electron chi connectivity index (χ2n) is 7.34. The molecule has 6 aromatic rings. The van der Waals surface area contributed by atoms with Gasteiger partial charge in [-0.3, -0.25) is 4.40 Å². The zero-order valence-electron chi connectivity index (χ0n) is 16.6. The van der Waals surface area contributed by atoms with Gasteiger partial charge < -0.3 is 0 Å². The highest BCUT2D eigenvalue weighted by atomic mass is 32.2. The van der Waals surface area contributed by atoms with E-state index in [0.29, 0.717) is 5.75 Å². The SMILES string of the molecule is Cc1cccc(-c2nc3ccccc3c3nnc(SCc4ccc5nonc5c4)n23)c1. The molecule has 0 atom stereocenters. The molecule has 31 heavy (non-hydrogen) atoms. The molecule has 3 aromatic carbocycles. The Kier molecular flexibility index (Phi) is 4.17. The summed E-state index contributed by atoms with van der Waals surface area (Å²) >= 11 is 1.61. The predicted molar refractivity (Wildman–Crippen MR) is 120 cm³/mol. The maximum Gasteiger partial charge on any atom is 0.197 e. The van der Waals surface area contributed by atoms with Gasteiger partial charge in [-0.2, -0.15) is 0 Å². The molecule has 0 N–H and O–H groups in total.